The van der Waals surface area contributed by atoms with Crippen LogP contribution in [0.25, 0.3) is 11.1 Å². The maximum atomic E-state index is 12.3. The highest BCUT2D eigenvalue weighted by molar-refractivity contribution is 5.68. The molecule has 1 aromatic carbocycles. The molecule has 2 aromatic rings. The van der Waals surface area contributed by atoms with E-state index in [4.69, 9.17) is 4.74 Å². The van der Waals surface area contributed by atoms with E-state index in [1.807, 2.05) is 43.6 Å². The number of nitrogens with zero attached hydrogens (tertiary/aromatic N) is 3. The van der Waals surface area contributed by atoms with E-state index < -0.39 is 5.60 Å². The van der Waals surface area contributed by atoms with Crippen LogP contribution in [0.5, 0.6) is 0 Å². The molecular weight excluding hydrogens is 400 g/mol. The summed E-state index contributed by atoms with van der Waals surface area (Å²) in [5.41, 5.74) is 5.44. The number of carbonyl (C=O) groups is 1. The first-order valence-corrected chi connectivity index (χ1v) is 12.1. The molecule has 172 valence electrons. The maximum absolute atomic E-state index is 12.3. The highest BCUT2D eigenvalue weighted by Gasteiger charge is 2.57. The lowest BCUT2D eigenvalue weighted by Crippen LogP contribution is -2.43. The Morgan fingerprint density at radius 2 is 2.03 bits per heavy atom. The summed E-state index contributed by atoms with van der Waals surface area (Å²) in [6.45, 7) is 8.42. The van der Waals surface area contributed by atoms with Crippen LogP contribution in [0.2, 0.25) is 0 Å². The van der Waals surface area contributed by atoms with Gasteiger partial charge in [0.25, 0.3) is 0 Å². The monoisotopic (exact) mass is 436 g/mol. The standard InChI is InChI=1S/C26H36N4O2/c1-25(2,3)32-24(31)30-11-8-18(9-12-30)15-27-23-14-26(23)10-7-19-5-6-20(13-22(19)26)21-16-28-29(4)17-21/h5-6,13,16-18,23,27H,7-12,14-15H2,1-4H3/t23?,26-/m1/s1. The molecule has 1 aromatic heterocycles. The van der Waals surface area contributed by atoms with E-state index in [1.165, 1.54) is 36.0 Å². The maximum Gasteiger partial charge on any atom is 0.410 e. The van der Waals surface area contributed by atoms with Gasteiger partial charge in [-0.25, -0.2) is 4.79 Å². The molecule has 2 heterocycles. The Morgan fingerprint density at radius 1 is 1.25 bits per heavy atom. The molecule has 1 saturated heterocycles. The Morgan fingerprint density at radius 3 is 2.72 bits per heavy atom. The molecule has 1 amide bonds. The van der Waals surface area contributed by atoms with Crippen LogP contribution in [0.4, 0.5) is 4.79 Å². The van der Waals surface area contributed by atoms with Crippen molar-refractivity contribution < 1.29 is 9.53 Å². The number of hydrogen-bond acceptors (Lipinski definition) is 4. The number of likely N-dealkylation sites (tertiary alicyclic amines) is 1. The fourth-order valence-electron chi connectivity index (χ4n) is 5.60. The average Bonchev–Trinajstić information content (AvgIpc) is 3.07. The Balaban J connectivity index is 1.16. The molecule has 1 unspecified atom stereocenters. The van der Waals surface area contributed by atoms with Gasteiger partial charge in [0, 0.05) is 43.4 Å². The van der Waals surface area contributed by atoms with E-state index in [0.717, 1.165) is 32.5 Å². The van der Waals surface area contributed by atoms with Crippen LogP contribution in [-0.4, -0.2) is 52.1 Å². The van der Waals surface area contributed by atoms with E-state index in [2.05, 4.69) is 34.8 Å². The number of fused-ring (bicyclic) bond motifs is 2. The van der Waals surface area contributed by atoms with Crippen LogP contribution in [0, 0.1) is 5.92 Å². The van der Waals surface area contributed by atoms with E-state index in [0.29, 0.717) is 17.4 Å². The van der Waals surface area contributed by atoms with E-state index in [-0.39, 0.29) is 6.09 Å². The smallest absolute Gasteiger partial charge is 0.410 e. The lowest BCUT2D eigenvalue weighted by atomic mass is 9.93. The first-order valence-electron chi connectivity index (χ1n) is 12.1. The molecule has 6 heteroatoms. The molecule has 0 bridgehead atoms. The fraction of sp³-hybridized carbons (Fsp3) is 0.615. The van der Waals surface area contributed by atoms with E-state index in [1.54, 1.807) is 5.56 Å². The SMILES string of the molecule is Cn1cc(-c2ccc3c(c2)[C@@]2(CC3)CC2NCC2CCN(C(=O)OC(C)(C)C)CC2)cn1. The first kappa shape index (κ1) is 21.5. The van der Waals surface area contributed by atoms with E-state index in [9.17, 15) is 4.79 Å². The largest absolute Gasteiger partial charge is 0.444 e. The number of amides is 1. The minimum Gasteiger partial charge on any atom is -0.444 e. The normalized spacial score (nSPS) is 25.2. The van der Waals surface area contributed by atoms with Crippen molar-refractivity contribution in [2.45, 2.75) is 69.9 Å². The van der Waals surface area contributed by atoms with Crippen LogP contribution < -0.4 is 5.32 Å². The topological polar surface area (TPSA) is 59.4 Å². The van der Waals surface area contributed by atoms with Gasteiger partial charge in [-0.05, 0) is 82.0 Å². The summed E-state index contributed by atoms with van der Waals surface area (Å²) in [4.78, 5) is 14.2. The van der Waals surface area contributed by atoms with Gasteiger partial charge in [0.2, 0.25) is 0 Å². The lowest BCUT2D eigenvalue weighted by Gasteiger charge is -2.33. The zero-order valence-corrected chi connectivity index (χ0v) is 19.9. The van der Waals surface area contributed by atoms with Crippen LogP contribution >= 0.6 is 0 Å². The summed E-state index contributed by atoms with van der Waals surface area (Å²) in [6, 6.07) is 7.57. The number of ether oxygens (including phenoxy) is 1. The molecule has 0 radical (unpaired) electrons. The second-order valence-corrected chi connectivity index (χ2v) is 11.0. The van der Waals surface area contributed by atoms with Gasteiger partial charge in [0.1, 0.15) is 5.60 Å². The third-order valence-corrected chi connectivity index (χ3v) is 7.52. The Labute approximate surface area is 191 Å². The number of nitrogens with one attached hydrogen (secondary N) is 1. The van der Waals surface area contributed by atoms with Gasteiger partial charge in [-0.2, -0.15) is 5.10 Å². The molecule has 1 saturated carbocycles. The van der Waals surface area contributed by atoms with Crippen molar-refractivity contribution in [3.05, 3.63) is 41.7 Å². The van der Waals surface area contributed by atoms with Crippen LogP contribution in [0.15, 0.2) is 30.6 Å². The summed E-state index contributed by atoms with van der Waals surface area (Å²) in [5, 5.41) is 8.23. The number of hydrogen-bond donors (Lipinski definition) is 1. The van der Waals surface area contributed by atoms with Crippen LogP contribution in [0.1, 0.15) is 57.6 Å². The summed E-state index contributed by atoms with van der Waals surface area (Å²) in [7, 11) is 1.97. The number of benzene rings is 1. The van der Waals surface area contributed by atoms with Gasteiger partial charge in [0.05, 0.1) is 6.20 Å². The summed E-state index contributed by atoms with van der Waals surface area (Å²) < 4.78 is 7.40. The van der Waals surface area contributed by atoms with Gasteiger partial charge in [0.15, 0.2) is 0 Å². The van der Waals surface area contributed by atoms with Gasteiger partial charge >= 0.3 is 6.09 Å². The molecule has 1 aliphatic heterocycles. The van der Waals surface area contributed by atoms with Crippen molar-refractivity contribution >= 4 is 6.09 Å². The van der Waals surface area contributed by atoms with Crippen molar-refractivity contribution in [3.63, 3.8) is 0 Å². The highest BCUT2D eigenvalue weighted by atomic mass is 16.6. The third-order valence-electron chi connectivity index (χ3n) is 7.52. The molecule has 1 N–H and O–H groups in total. The van der Waals surface area contributed by atoms with Gasteiger partial charge in [-0.3, -0.25) is 4.68 Å². The van der Waals surface area contributed by atoms with Crippen molar-refractivity contribution in [1.29, 1.82) is 0 Å². The van der Waals surface area contributed by atoms with Gasteiger partial charge in [-0.1, -0.05) is 18.2 Å². The zero-order chi connectivity index (χ0) is 22.5. The molecule has 32 heavy (non-hydrogen) atoms. The van der Waals surface area contributed by atoms with Gasteiger partial charge in [-0.15, -0.1) is 0 Å². The van der Waals surface area contributed by atoms with E-state index >= 15 is 0 Å². The summed E-state index contributed by atoms with van der Waals surface area (Å²) in [5.74, 6) is 0.633. The molecular formula is C26H36N4O2. The Hall–Kier alpha value is -2.34. The number of aromatic nitrogens is 2. The predicted molar refractivity (Wildman–Crippen MR) is 126 cm³/mol. The number of aryl methyl sites for hydroxylation is 2. The second-order valence-electron chi connectivity index (χ2n) is 11.0. The summed E-state index contributed by atoms with van der Waals surface area (Å²) >= 11 is 0. The number of rotatable bonds is 4. The first-order chi connectivity index (χ1) is 15.2. The second kappa shape index (κ2) is 7.91. The highest BCUT2D eigenvalue weighted by Crippen LogP contribution is 2.57. The Bertz CT molecular complexity index is 999. The molecule has 1 spiro atoms. The fourth-order valence-corrected chi connectivity index (χ4v) is 5.60. The van der Waals surface area contributed by atoms with Crippen molar-refractivity contribution in [1.82, 2.24) is 20.0 Å². The van der Waals surface area contributed by atoms with Crippen LogP contribution in [-0.2, 0) is 23.6 Å². The molecule has 2 atom stereocenters. The Kier molecular flexibility index (Phi) is 5.31. The third kappa shape index (κ3) is 4.17. The molecule has 2 fully saturated rings. The summed E-state index contributed by atoms with van der Waals surface area (Å²) in [6.07, 6.45) is 9.67. The molecule has 5 rings (SSSR count). The minimum atomic E-state index is -0.426. The zero-order valence-electron chi connectivity index (χ0n) is 19.9. The quantitative estimate of drug-likeness (QED) is 0.777. The van der Waals surface area contributed by atoms with Gasteiger partial charge < -0.3 is 15.0 Å². The van der Waals surface area contributed by atoms with Crippen molar-refractivity contribution in [2.24, 2.45) is 13.0 Å². The van der Waals surface area contributed by atoms with Crippen LogP contribution in [0.3, 0.4) is 0 Å². The number of piperidine rings is 1. The molecule has 2 aliphatic carbocycles. The molecule has 3 aliphatic rings. The lowest BCUT2D eigenvalue weighted by molar-refractivity contribution is 0.0184. The molecule has 6 nitrogen and oxygen atoms in total. The average molecular weight is 437 g/mol. The van der Waals surface area contributed by atoms with Crippen molar-refractivity contribution in [3.8, 4) is 11.1 Å². The van der Waals surface area contributed by atoms with Crippen molar-refractivity contribution in [2.75, 3.05) is 19.6 Å². The number of carbonyl (C=O) groups excluding carboxylic acids is 1. The predicted octanol–water partition coefficient (Wildman–Crippen LogP) is 4.28. The minimum absolute atomic E-state index is 0.169.